The highest BCUT2D eigenvalue weighted by atomic mass is 32.2. The third-order valence-corrected chi connectivity index (χ3v) is 6.24. The lowest BCUT2D eigenvalue weighted by Gasteiger charge is -2.35. The Morgan fingerprint density at radius 1 is 1.13 bits per heavy atom. The third-order valence-electron chi connectivity index (χ3n) is 4.44. The van der Waals surface area contributed by atoms with E-state index in [0.717, 1.165) is 4.90 Å². The summed E-state index contributed by atoms with van der Waals surface area (Å²) in [5.41, 5.74) is 9.16. The number of aliphatic hydroxyl groups excluding tert-OH is 1. The zero-order valence-corrected chi connectivity index (χ0v) is 17.8. The van der Waals surface area contributed by atoms with Crippen LogP contribution in [-0.2, 0) is 29.8 Å². The average molecular weight is 477 g/mol. The van der Waals surface area contributed by atoms with Gasteiger partial charge in [0, 0.05) is 6.54 Å². The molecule has 1 aromatic rings. The molecule has 2 rings (SSSR count). The summed E-state index contributed by atoms with van der Waals surface area (Å²) >= 11 is 0. The van der Waals surface area contributed by atoms with Crippen molar-refractivity contribution in [3.05, 3.63) is 23.4 Å². The molecule has 7 N–H and O–H groups in total. The molecule has 0 bridgehead atoms. The van der Waals surface area contributed by atoms with Gasteiger partial charge in [0.05, 0.1) is 5.69 Å². The molecule has 1 aliphatic rings. The maximum absolute atomic E-state index is 12.3. The van der Waals surface area contributed by atoms with Crippen molar-refractivity contribution in [3.63, 3.8) is 0 Å². The van der Waals surface area contributed by atoms with Crippen molar-refractivity contribution in [1.82, 2.24) is 4.90 Å². The van der Waals surface area contributed by atoms with E-state index < -0.39 is 65.4 Å². The highest BCUT2D eigenvalue weighted by molar-refractivity contribution is 7.86. The number of amides is 2. The fourth-order valence-corrected chi connectivity index (χ4v) is 4.28. The van der Waals surface area contributed by atoms with Gasteiger partial charge in [-0.2, -0.15) is 21.9 Å². The molecule has 170 valence electrons. The Labute approximate surface area is 176 Å². The van der Waals surface area contributed by atoms with Gasteiger partial charge >= 0.3 is 0 Å². The summed E-state index contributed by atoms with van der Waals surface area (Å²) < 4.78 is 64.6. The van der Waals surface area contributed by atoms with Crippen LogP contribution in [0.2, 0.25) is 0 Å². The van der Waals surface area contributed by atoms with E-state index in [-0.39, 0.29) is 17.8 Å². The number of primary amides is 1. The molecule has 1 aliphatic heterocycles. The molecular weight excluding hydrogens is 458 g/mol. The molecular formula is C15H19N5O9S2. The maximum atomic E-state index is 12.3. The first-order valence-corrected chi connectivity index (χ1v) is 11.3. The Bertz CT molecular complexity index is 1220. The molecule has 0 radical (unpaired) electrons. The highest BCUT2D eigenvalue weighted by Gasteiger charge is 2.41. The van der Waals surface area contributed by atoms with Gasteiger partial charge in [-0.05, 0) is 31.6 Å². The van der Waals surface area contributed by atoms with Gasteiger partial charge in [0.25, 0.3) is 20.2 Å². The maximum Gasteiger partial charge on any atom is 0.296 e. The fraction of sp³-hybridized carbons (Fsp3) is 0.333. The molecule has 0 aromatic heterocycles. The Kier molecular flexibility index (Phi) is 6.53. The second-order valence-corrected chi connectivity index (χ2v) is 9.19. The fourth-order valence-electron chi connectivity index (χ4n) is 2.95. The first-order chi connectivity index (χ1) is 14.1. The summed E-state index contributed by atoms with van der Waals surface area (Å²) in [5.74, 6) is -3.23. The van der Waals surface area contributed by atoms with Gasteiger partial charge in [-0.1, -0.05) is 0 Å². The molecule has 0 fully saturated rings. The van der Waals surface area contributed by atoms with Gasteiger partial charge < -0.3 is 21.5 Å². The first kappa shape index (κ1) is 24.4. The summed E-state index contributed by atoms with van der Waals surface area (Å²) in [6.07, 6.45) is -1.65. The Hall–Kier alpha value is -2.92. The van der Waals surface area contributed by atoms with E-state index >= 15 is 0 Å². The van der Waals surface area contributed by atoms with Crippen LogP contribution in [0.15, 0.2) is 43.4 Å². The van der Waals surface area contributed by atoms with Gasteiger partial charge in [0.1, 0.15) is 27.1 Å². The minimum Gasteiger partial charge on any atom is -0.398 e. The summed E-state index contributed by atoms with van der Waals surface area (Å²) in [6, 6.07) is 1.08. The number of hydrogen-bond donors (Lipinski definition) is 5. The van der Waals surface area contributed by atoms with Crippen LogP contribution < -0.4 is 11.5 Å². The molecule has 2 atom stereocenters. The summed E-state index contributed by atoms with van der Waals surface area (Å²) in [5, 5.41) is 17.7. The largest absolute Gasteiger partial charge is 0.398 e. The minimum atomic E-state index is -5.06. The molecule has 14 nitrogen and oxygen atoms in total. The quantitative estimate of drug-likeness (QED) is 0.151. The molecule has 2 amide bonds. The number of likely N-dealkylation sites (N-methyl/N-ethyl adjacent to an activating group) is 1. The van der Waals surface area contributed by atoms with E-state index in [9.17, 15) is 36.1 Å². The number of benzene rings is 1. The Balaban J connectivity index is 2.71. The molecule has 0 saturated heterocycles. The number of nitrogen functional groups attached to an aromatic ring is 1. The first-order valence-electron chi connectivity index (χ1n) is 8.40. The van der Waals surface area contributed by atoms with Crippen LogP contribution in [0.3, 0.4) is 0 Å². The van der Waals surface area contributed by atoms with E-state index in [1.165, 1.54) is 13.8 Å². The third kappa shape index (κ3) is 4.72. The number of azo groups is 1. The zero-order chi connectivity index (χ0) is 23.9. The van der Waals surface area contributed by atoms with Crippen LogP contribution in [0.5, 0.6) is 0 Å². The minimum absolute atomic E-state index is 0.0254. The van der Waals surface area contributed by atoms with Crippen molar-refractivity contribution in [1.29, 1.82) is 0 Å². The lowest BCUT2D eigenvalue weighted by atomic mass is 9.91. The molecule has 16 heteroatoms. The lowest BCUT2D eigenvalue weighted by Crippen LogP contribution is -2.51. The number of anilines is 1. The monoisotopic (exact) mass is 477 g/mol. The SMILES string of the molecule is CCN1C(=O)C(C(N)=O)C(C)=C(N=Nc2cc(N)c(S(=O)(=O)O)cc2S(=O)(=O)O)C1O. The standard InChI is InChI=1S/C15H19N5O9S2/c1-3-20-14(22)11(13(17)21)6(2)12(15(20)23)19-18-8-4-7(16)9(30(24,25)26)5-10(8)31(27,28)29/h4-5,11,15,23H,3,16H2,1-2H3,(H2,17,21)(H,24,25,26)(H,27,28,29). The van der Waals surface area contributed by atoms with E-state index in [2.05, 4.69) is 10.2 Å². The van der Waals surface area contributed by atoms with Crippen molar-refractivity contribution in [2.75, 3.05) is 12.3 Å². The molecule has 31 heavy (non-hydrogen) atoms. The van der Waals surface area contributed by atoms with Crippen molar-refractivity contribution >= 4 is 43.4 Å². The van der Waals surface area contributed by atoms with Crippen molar-refractivity contribution < 1.29 is 40.6 Å². The lowest BCUT2D eigenvalue weighted by molar-refractivity contribution is -0.147. The molecule has 1 aromatic carbocycles. The molecule has 0 aliphatic carbocycles. The van der Waals surface area contributed by atoms with E-state index in [1.807, 2.05) is 0 Å². The van der Waals surface area contributed by atoms with Gasteiger partial charge in [-0.15, -0.1) is 5.11 Å². The second-order valence-electron chi connectivity index (χ2n) is 6.41. The number of nitrogens with two attached hydrogens (primary N) is 2. The molecule has 1 heterocycles. The van der Waals surface area contributed by atoms with Gasteiger partial charge in [0.2, 0.25) is 11.8 Å². The molecule has 0 spiro atoms. The van der Waals surface area contributed by atoms with Crippen molar-refractivity contribution in [3.8, 4) is 0 Å². The van der Waals surface area contributed by atoms with E-state index in [1.54, 1.807) is 0 Å². The number of nitrogens with zero attached hydrogens (tertiary/aromatic N) is 3. The van der Waals surface area contributed by atoms with E-state index in [0.29, 0.717) is 12.1 Å². The highest BCUT2D eigenvalue weighted by Crippen LogP contribution is 2.34. The zero-order valence-electron chi connectivity index (χ0n) is 16.1. The van der Waals surface area contributed by atoms with Crippen LogP contribution in [0.1, 0.15) is 13.8 Å². The van der Waals surface area contributed by atoms with Crippen LogP contribution in [-0.4, -0.2) is 60.5 Å². The summed E-state index contributed by atoms with van der Waals surface area (Å²) in [7, 11) is -10.0. The Morgan fingerprint density at radius 3 is 2.13 bits per heavy atom. The molecule has 0 saturated carbocycles. The van der Waals surface area contributed by atoms with Crippen LogP contribution in [0, 0.1) is 5.92 Å². The summed E-state index contributed by atoms with van der Waals surface area (Å²) in [4.78, 5) is 22.9. The van der Waals surface area contributed by atoms with Crippen molar-refractivity contribution in [2.24, 2.45) is 21.9 Å². The second kappa shape index (κ2) is 8.31. The predicted molar refractivity (Wildman–Crippen MR) is 104 cm³/mol. The number of rotatable bonds is 6. The normalized spacial score (nSPS) is 20.5. The predicted octanol–water partition coefficient (Wildman–Crippen LogP) is -0.598. The van der Waals surface area contributed by atoms with Crippen LogP contribution in [0.25, 0.3) is 0 Å². The Morgan fingerprint density at radius 2 is 1.68 bits per heavy atom. The number of carbonyl (C=O) groups excluding carboxylic acids is 2. The van der Waals surface area contributed by atoms with E-state index in [4.69, 9.17) is 16.0 Å². The number of carbonyl (C=O) groups is 2. The topological polar surface area (TPSA) is 243 Å². The van der Waals surface area contributed by atoms with Gasteiger partial charge in [0.15, 0.2) is 6.23 Å². The summed E-state index contributed by atoms with van der Waals surface area (Å²) in [6.45, 7) is 2.78. The van der Waals surface area contributed by atoms with Gasteiger partial charge in [-0.25, -0.2) is 0 Å². The smallest absolute Gasteiger partial charge is 0.296 e. The number of aliphatic hydroxyl groups is 1. The van der Waals surface area contributed by atoms with Crippen LogP contribution >= 0.6 is 0 Å². The van der Waals surface area contributed by atoms with Crippen molar-refractivity contribution in [2.45, 2.75) is 29.9 Å². The number of hydrogen-bond acceptors (Lipinski definition) is 10. The molecule has 2 unspecified atom stereocenters. The average Bonchev–Trinajstić information content (AvgIpc) is 2.59. The van der Waals surface area contributed by atoms with Crippen LogP contribution in [0.4, 0.5) is 11.4 Å². The van der Waals surface area contributed by atoms with Gasteiger partial charge in [-0.3, -0.25) is 18.7 Å².